The maximum absolute atomic E-state index is 12.4. The molecule has 0 fully saturated rings. The lowest BCUT2D eigenvalue weighted by Crippen LogP contribution is -2.08. The molecule has 0 atom stereocenters. The Morgan fingerprint density at radius 3 is 2.52 bits per heavy atom. The van der Waals surface area contributed by atoms with E-state index in [-0.39, 0.29) is 5.75 Å². The third-order valence-corrected chi connectivity index (χ3v) is 4.39. The number of fused-ring (bicyclic) bond motifs is 1. The molecule has 23 heavy (non-hydrogen) atoms. The van der Waals surface area contributed by atoms with E-state index >= 15 is 0 Å². The molecule has 1 aliphatic rings. The van der Waals surface area contributed by atoms with Crippen molar-refractivity contribution < 1.29 is 16.5 Å². The van der Waals surface area contributed by atoms with E-state index < -0.39 is 10.5 Å². The summed E-state index contributed by atoms with van der Waals surface area (Å²) >= 11 is 0. The minimum Gasteiger partial charge on any atom is -0.381 e. The first-order chi connectivity index (χ1) is 11.0. The fourth-order valence-corrected chi connectivity index (χ4v) is 3.26. The molecule has 0 amide bonds. The maximum Gasteiger partial charge on any atom is 0.488 e. The van der Waals surface area contributed by atoms with Gasteiger partial charge in [0.05, 0.1) is 0 Å². The van der Waals surface area contributed by atoms with Gasteiger partial charge in [0.2, 0.25) is 0 Å². The molecule has 4 nitrogen and oxygen atoms in total. The van der Waals surface area contributed by atoms with Gasteiger partial charge >= 0.3 is 10.5 Å². The van der Waals surface area contributed by atoms with Crippen molar-refractivity contribution in [1.82, 2.24) is 0 Å². The highest BCUT2D eigenvalue weighted by Gasteiger charge is 2.13. The molecule has 0 aromatic heterocycles. The van der Waals surface area contributed by atoms with Crippen molar-refractivity contribution in [2.24, 2.45) is 0 Å². The average Bonchev–Trinajstić information content (AvgIpc) is 2.53. The third-order valence-electron chi connectivity index (χ3n) is 4.00. The van der Waals surface area contributed by atoms with Gasteiger partial charge in [0, 0.05) is 12.2 Å². The van der Waals surface area contributed by atoms with Gasteiger partial charge < -0.3 is 9.50 Å². The number of aryl methyl sites for hydroxylation is 1. The fraction of sp³-hybridized carbons (Fsp3) is 0.294. The van der Waals surface area contributed by atoms with Crippen LogP contribution in [0, 0.1) is 0 Å². The second-order valence-corrected chi connectivity index (χ2v) is 6.58. The molecule has 0 bridgehead atoms. The van der Waals surface area contributed by atoms with Gasteiger partial charge in [-0.05, 0) is 60.6 Å². The Morgan fingerprint density at radius 2 is 1.78 bits per heavy atom. The predicted octanol–water partition coefficient (Wildman–Crippen LogP) is 3.77. The topological polar surface area (TPSA) is 55.4 Å². The summed E-state index contributed by atoms with van der Waals surface area (Å²) in [5.74, 6) is -0.0339. The van der Waals surface area contributed by atoms with Gasteiger partial charge in [0.1, 0.15) is 5.75 Å². The molecule has 0 spiro atoms. The zero-order chi connectivity index (χ0) is 16.3. The first-order valence-corrected chi connectivity index (χ1v) is 8.90. The zero-order valence-electron chi connectivity index (χ0n) is 12.6. The first-order valence-electron chi connectivity index (χ1n) is 7.59. The second-order valence-electron chi connectivity index (χ2n) is 5.62. The quantitative estimate of drug-likeness (QED) is 0.845. The Bertz CT molecular complexity index is 788. The summed E-state index contributed by atoms with van der Waals surface area (Å²) in [6.45, 7) is 0.610. The molecule has 6 heteroatoms. The van der Waals surface area contributed by atoms with Gasteiger partial charge in [-0.25, -0.2) is 0 Å². The van der Waals surface area contributed by atoms with E-state index in [2.05, 4.69) is 27.7 Å². The standard InChI is InChI=1S/C17H18FNO3S/c18-23(20,21)22-15-10-8-13(9-11-15)12-19-17-7-3-5-14-4-1-2-6-16(14)17/h3,5,7-11,19H,1-2,4,6,12H2. The Kier molecular flexibility index (Phi) is 4.52. The largest absolute Gasteiger partial charge is 0.488 e. The van der Waals surface area contributed by atoms with Gasteiger partial charge in [-0.3, -0.25) is 0 Å². The van der Waals surface area contributed by atoms with Crippen molar-refractivity contribution in [3.8, 4) is 5.75 Å². The van der Waals surface area contributed by atoms with Crippen LogP contribution in [-0.2, 0) is 29.9 Å². The monoisotopic (exact) mass is 335 g/mol. The van der Waals surface area contributed by atoms with Crippen molar-refractivity contribution in [1.29, 1.82) is 0 Å². The molecule has 0 saturated carbocycles. The zero-order valence-corrected chi connectivity index (χ0v) is 13.4. The maximum atomic E-state index is 12.4. The van der Waals surface area contributed by atoms with Crippen molar-refractivity contribution in [3.05, 3.63) is 59.2 Å². The van der Waals surface area contributed by atoms with E-state index in [1.165, 1.54) is 36.1 Å². The number of rotatable bonds is 5. The predicted molar refractivity (Wildman–Crippen MR) is 87.5 cm³/mol. The third kappa shape index (κ3) is 4.22. The molecule has 122 valence electrons. The number of benzene rings is 2. The molecule has 0 unspecified atom stereocenters. The summed E-state index contributed by atoms with van der Waals surface area (Å²) in [5, 5.41) is 3.42. The molecule has 1 N–H and O–H groups in total. The Labute approximate surface area is 135 Å². The van der Waals surface area contributed by atoms with Gasteiger partial charge in [-0.2, -0.15) is 8.42 Å². The van der Waals surface area contributed by atoms with Gasteiger partial charge in [0.15, 0.2) is 0 Å². The molecule has 0 radical (unpaired) electrons. The average molecular weight is 335 g/mol. The van der Waals surface area contributed by atoms with Crippen LogP contribution in [0.3, 0.4) is 0 Å². The van der Waals surface area contributed by atoms with Crippen LogP contribution in [0.2, 0.25) is 0 Å². The molecule has 0 heterocycles. The summed E-state index contributed by atoms with van der Waals surface area (Å²) in [7, 11) is -4.97. The lowest BCUT2D eigenvalue weighted by Gasteiger charge is -2.20. The van der Waals surface area contributed by atoms with Crippen LogP contribution in [-0.4, -0.2) is 8.42 Å². The summed E-state index contributed by atoms with van der Waals surface area (Å²) in [6.07, 6.45) is 4.69. The number of anilines is 1. The van der Waals surface area contributed by atoms with E-state index in [9.17, 15) is 12.3 Å². The molecular weight excluding hydrogens is 317 g/mol. The molecular formula is C17H18FNO3S. The van der Waals surface area contributed by atoms with Gasteiger partial charge in [-0.1, -0.05) is 28.2 Å². The molecule has 1 aliphatic carbocycles. The first kappa shape index (κ1) is 15.8. The minimum atomic E-state index is -4.97. The number of halogens is 1. The lowest BCUT2D eigenvalue weighted by molar-refractivity contribution is 0.440. The Hall–Kier alpha value is -2.08. The highest BCUT2D eigenvalue weighted by Crippen LogP contribution is 2.28. The molecule has 3 rings (SSSR count). The summed E-state index contributed by atoms with van der Waals surface area (Å²) in [4.78, 5) is 0. The summed E-state index contributed by atoms with van der Waals surface area (Å²) in [6, 6.07) is 12.6. The van der Waals surface area contributed by atoms with E-state index in [1.807, 2.05) is 0 Å². The van der Waals surface area contributed by atoms with Crippen LogP contribution < -0.4 is 9.50 Å². The smallest absolute Gasteiger partial charge is 0.381 e. The van der Waals surface area contributed by atoms with Crippen molar-refractivity contribution in [2.75, 3.05) is 5.32 Å². The number of hydrogen-bond acceptors (Lipinski definition) is 4. The van der Waals surface area contributed by atoms with Crippen LogP contribution in [0.1, 0.15) is 29.5 Å². The van der Waals surface area contributed by atoms with Crippen molar-refractivity contribution in [2.45, 2.75) is 32.2 Å². The summed E-state index contributed by atoms with van der Waals surface area (Å²) in [5.41, 5.74) is 4.91. The van der Waals surface area contributed by atoms with Crippen molar-refractivity contribution in [3.63, 3.8) is 0 Å². The van der Waals surface area contributed by atoms with Crippen LogP contribution in [0.15, 0.2) is 42.5 Å². The van der Waals surface area contributed by atoms with Crippen LogP contribution in [0.25, 0.3) is 0 Å². The Balaban J connectivity index is 1.67. The van der Waals surface area contributed by atoms with E-state index in [0.29, 0.717) is 6.54 Å². The highest BCUT2D eigenvalue weighted by atomic mass is 32.3. The molecule has 2 aromatic carbocycles. The lowest BCUT2D eigenvalue weighted by atomic mass is 9.90. The van der Waals surface area contributed by atoms with E-state index in [4.69, 9.17) is 0 Å². The van der Waals surface area contributed by atoms with E-state index in [0.717, 1.165) is 24.1 Å². The normalized spacial score (nSPS) is 14.1. The van der Waals surface area contributed by atoms with Crippen LogP contribution in [0.4, 0.5) is 9.57 Å². The van der Waals surface area contributed by atoms with Gasteiger partial charge in [0.25, 0.3) is 0 Å². The SMILES string of the molecule is O=S(=O)(F)Oc1ccc(CNc2cccc3c2CCCC3)cc1. The van der Waals surface area contributed by atoms with E-state index in [1.54, 1.807) is 12.1 Å². The molecule has 2 aromatic rings. The number of nitrogens with one attached hydrogen (secondary N) is 1. The minimum absolute atomic E-state index is 0.0339. The summed E-state index contributed by atoms with van der Waals surface area (Å²) < 4.78 is 37.5. The molecule has 0 saturated heterocycles. The second kappa shape index (κ2) is 6.58. The molecule has 0 aliphatic heterocycles. The number of hydrogen-bond donors (Lipinski definition) is 1. The van der Waals surface area contributed by atoms with Crippen LogP contribution in [0.5, 0.6) is 5.75 Å². The van der Waals surface area contributed by atoms with Gasteiger partial charge in [-0.15, -0.1) is 0 Å². The van der Waals surface area contributed by atoms with Crippen molar-refractivity contribution >= 4 is 16.2 Å². The highest BCUT2D eigenvalue weighted by molar-refractivity contribution is 7.81. The fourth-order valence-electron chi connectivity index (χ4n) is 2.92. The van der Waals surface area contributed by atoms with Crippen LogP contribution >= 0.6 is 0 Å². The Morgan fingerprint density at radius 1 is 1.04 bits per heavy atom.